The fourth-order valence-corrected chi connectivity index (χ4v) is 3.90. The lowest BCUT2D eigenvalue weighted by Gasteiger charge is -2.33. The summed E-state index contributed by atoms with van der Waals surface area (Å²) in [6.07, 6.45) is 0.558. The molecule has 6 heteroatoms. The zero-order valence-electron chi connectivity index (χ0n) is 14.7. The highest BCUT2D eigenvalue weighted by Gasteiger charge is 2.31. The largest absolute Gasteiger partial charge is 0.507 e. The van der Waals surface area contributed by atoms with Gasteiger partial charge >= 0.3 is 0 Å². The van der Waals surface area contributed by atoms with Crippen LogP contribution in [0, 0.1) is 11.6 Å². The Kier molecular flexibility index (Phi) is 4.54. The van der Waals surface area contributed by atoms with Gasteiger partial charge in [-0.1, -0.05) is 19.1 Å². The van der Waals surface area contributed by atoms with Crippen molar-refractivity contribution in [2.24, 2.45) is 0 Å². The summed E-state index contributed by atoms with van der Waals surface area (Å²) >= 11 is 0. The number of ether oxygens (including phenoxy) is 1. The number of hydrogen-bond donors (Lipinski definition) is 2. The highest BCUT2D eigenvalue weighted by Crippen LogP contribution is 2.41. The summed E-state index contributed by atoms with van der Waals surface area (Å²) in [7, 11) is 0. The van der Waals surface area contributed by atoms with E-state index < -0.39 is 11.6 Å². The van der Waals surface area contributed by atoms with Crippen molar-refractivity contribution >= 4 is 0 Å². The lowest BCUT2D eigenvalue weighted by Crippen LogP contribution is -2.52. The van der Waals surface area contributed by atoms with Gasteiger partial charge in [-0.2, -0.15) is 0 Å². The minimum atomic E-state index is -0.732. The lowest BCUT2D eigenvalue weighted by molar-refractivity contribution is 0.119. The molecule has 0 spiro atoms. The van der Waals surface area contributed by atoms with E-state index in [4.69, 9.17) is 4.74 Å². The molecule has 138 valence electrons. The Balaban J connectivity index is 1.84. The topological polar surface area (TPSA) is 44.7 Å². The number of rotatable bonds is 2. The third-order valence-corrected chi connectivity index (χ3v) is 5.28. The maximum Gasteiger partial charge on any atom is 0.176 e. The summed E-state index contributed by atoms with van der Waals surface area (Å²) in [6, 6.07) is 6.39. The maximum absolute atomic E-state index is 15.3. The monoisotopic (exact) mass is 360 g/mol. The standard InChI is InChI=1S/C20H22F2N2O2/c1-2-12-4-3-5-16(25)17(12)18-15(21)8-13-10-24-7-6-23-9-14(24)11-26-20(13)19(18)22/h3-5,8,14,23,25H,2,6-7,9-11H2,1H3. The molecule has 0 aliphatic carbocycles. The Morgan fingerprint density at radius 1 is 1.31 bits per heavy atom. The van der Waals surface area contributed by atoms with Crippen molar-refractivity contribution in [3.8, 4) is 22.6 Å². The van der Waals surface area contributed by atoms with E-state index in [0.29, 0.717) is 30.7 Å². The van der Waals surface area contributed by atoms with Crippen LogP contribution in [0.1, 0.15) is 18.1 Å². The van der Waals surface area contributed by atoms with Gasteiger partial charge in [-0.25, -0.2) is 8.78 Å². The first kappa shape index (κ1) is 17.2. The molecule has 1 fully saturated rings. The fraction of sp³-hybridized carbons (Fsp3) is 0.400. The van der Waals surface area contributed by atoms with Gasteiger partial charge in [0.2, 0.25) is 0 Å². The van der Waals surface area contributed by atoms with Crippen molar-refractivity contribution in [3.05, 3.63) is 47.0 Å². The van der Waals surface area contributed by atoms with E-state index >= 15 is 4.39 Å². The Labute approximate surface area is 151 Å². The molecule has 0 aromatic heterocycles. The number of aromatic hydroxyl groups is 1. The van der Waals surface area contributed by atoms with Gasteiger partial charge in [0, 0.05) is 37.3 Å². The van der Waals surface area contributed by atoms with Gasteiger partial charge in [0.25, 0.3) is 0 Å². The maximum atomic E-state index is 15.3. The quantitative estimate of drug-likeness (QED) is 0.864. The number of halogens is 2. The average Bonchev–Trinajstić information content (AvgIpc) is 2.82. The van der Waals surface area contributed by atoms with E-state index in [9.17, 15) is 9.50 Å². The van der Waals surface area contributed by atoms with Crippen LogP contribution < -0.4 is 10.1 Å². The van der Waals surface area contributed by atoms with Crippen molar-refractivity contribution in [1.82, 2.24) is 10.2 Å². The molecule has 2 aromatic rings. The average molecular weight is 360 g/mol. The van der Waals surface area contributed by atoms with Crippen LogP contribution in [0.3, 0.4) is 0 Å². The summed E-state index contributed by atoms with van der Waals surface area (Å²) < 4.78 is 36.1. The van der Waals surface area contributed by atoms with Gasteiger partial charge < -0.3 is 15.2 Å². The van der Waals surface area contributed by atoms with Gasteiger partial charge in [0.15, 0.2) is 11.6 Å². The van der Waals surface area contributed by atoms with Crippen LogP contribution in [-0.2, 0) is 13.0 Å². The molecule has 0 amide bonds. The fourth-order valence-electron chi connectivity index (χ4n) is 3.90. The molecule has 4 rings (SSSR count). The number of fused-ring (bicyclic) bond motifs is 2. The Bertz CT molecular complexity index is 841. The number of benzene rings is 2. The summed E-state index contributed by atoms with van der Waals surface area (Å²) in [5.41, 5.74) is 1.20. The molecule has 0 saturated carbocycles. The van der Waals surface area contributed by atoms with Crippen molar-refractivity contribution in [3.63, 3.8) is 0 Å². The van der Waals surface area contributed by atoms with E-state index in [1.165, 1.54) is 12.1 Å². The molecule has 26 heavy (non-hydrogen) atoms. The SMILES string of the molecule is CCc1cccc(O)c1-c1c(F)cc2c(c1F)OCC1CNCCN1C2. The minimum absolute atomic E-state index is 0.0982. The number of phenolic OH excluding ortho intramolecular Hbond substituents is 1. The zero-order valence-corrected chi connectivity index (χ0v) is 14.7. The highest BCUT2D eigenvalue weighted by atomic mass is 19.1. The number of phenols is 1. The van der Waals surface area contributed by atoms with Crippen molar-refractivity contribution in [2.45, 2.75) is 25.9 Å². The third kappa shape index (κ3) is 2.83. The molecule has 1 saturated heterocycles. The van der Waals surface area contributed by atoms with Crippen LogP contribution >= 0.6 is 0 Å². The molecule has 4 nitrogen and oxygen atoms in total. The molecule has 1 unspecified atom stereocenters. The van der Waals surface area contributed by atoms with Crippen LogP contribution in [0.2, 0.25) is 0 Å². The van der Waals surface area contributed by atoms with E-state index in [1.807, 2.05) is 6.92 Å². The lowest BCUT2D eigenvalue weighted by atomic mass is 9.94. The van der Waals surface area contributed by atoms with Crippen molar-refractivity contribution in [1.29, 1.82) is 0 Å². The second kappa shape index (κ2) is 6.85. The minimum Gasteiger partial charge on any atom is -0.507 e. The van der Waals surface area contributed by atoms with E-state index in [0.717, 1.165) is 19.6 Å². The molecule has 2 aliphatic rings. The highest BCUT2D eigenvalue weighted by molar-refractivity contribution is 5.76. The Morgan fingerprint density at radius 3 is 2.96 bits per heavy atom. The normalized spacial score (nSPS) is 20.0. The summed E-state index contributed by atoms with van der Waals surface area (Å²) in [5.74, 6) is -1.43. The molecule has 2 heterocycles. The number of nitrogens with one attached hydrogen (secondary N) is 1. The number of piperazine rings is 1. The molecular formula is C20H22F2N2O2. The third-order valence-electron chi connectivity index (χ3n) is 5.28. The molecule has 1 atom stereocenters. The molecule has 0 bridgehead atoms. The van der Waals surface area contributed by atoms with Gasteiger partial charge in [-0.05, 0) is 24.1 Å². The first-order valence-corrected chi connectivity index (χ1v) is 8.99. The number of hydrogen-bond acceptors (Lipinski definition) is 4. The van der Waals surface area contributed by atoms with Gasteiger partial charge in [-0.15, -0.1) is 0 Å². The Morgan fingerprint density at radius 2 is 2.15 bits per heavy atom. The van der Waals surface area contributed by atoms with Gasteiger partial charge in [-0.3, -0.25) is 4.90 Å². The van der Waals surface area contributed by atoms with Crippen molar-refractivity contribution < 1.29 is 18.6 Å². The number of aryl methyl sites for hydroxylation is 1. The summed E-state index contributed by atoms with van der Waals surface area (Å²) in [4.78, 5) is 2.19. The van der Waals surface area contributed by atoms with Crippen molar-refractivity contribution in [2.75, 3.05) is 26.2 Å². The molecule has 2 aromatic carbocycles. The first-order chi connectivity index (χ1) is 12.6. The van der Waals surface area contributed by atoms with E-state index in [2.05, 4.69) is 10.2 Å². The number of nitrogens with zero attached hydrogens (tertiary/aromatic N) is 1. The predicted molar refractivity (Wildman–Crippen MR) is 95.4 cm³/mol. The van der Waals surface area contributed by atoms with E-state index in [1.54, 1.807) is 12.1 Å². The molecule has 0 radical (unpaired) electrons. The Hall–Kier alpha value is -2.18. The second-order valence-corrected chi connectivity index (χ2v) is 6.84. The van der Waals surface area contributed by atoms with Crippen LogP contribution in [0.25, 0.3) is 11.1 Å². The molecule has 2 N–H and O–H groups in total. The summed E-state index contributed by atoms with van der Waals surface area (Å²) in [5, 5.41) is 13.6. The van der Waals surface area contributed by atoms with Gasteiger partial charge in [0.05, 0.1) is 11.6 Å². The smallest absolute Gasteiger partial charge is 0.176 e. The molecular weight excluding hydrogens is 338 g/mol. The van der Waals surface area contributed by atoms with Gasteiger partial charge in [0.1, 0.15) is 18.2 Å². The predicted octanol–water partition coefficient (Wildman–Crippen LogP) is 3.07. The molecule has 2 aliphatic heterocycles. The summed E-state index contributed by atoms with van der Waals surface area (Å²) in [6.45, 7) is 5.13. The van der Waals surface area contributed by atoms with Crippen LogP contribution in [-0.4, -0.2) is 42.3 Å². The van der Waals surface area contributed by atoms with Crippen LogP contribution in [0.5, 0.6) is 11.5 Å². The first-order valence-electron chi connectivity index (χ1n) is 8.99. The van der Waals surface area contributed by atoms with E-state index in [-0.39, 0.29) is 28.7 Å². The second-order valence-electron chi connectivity index (χ2n) is 6.84. The zero-order chi connectivity index (χ0) is 18.3. The van der Waals surface area contributed by atoms with Crippen LogP contribution in [0.15, 0.2) is 24.3 Å². The van der Waals surface area contributed by atoms with Crippen LogP contribution in [0.4, 0.5) is 8.78 Å².